The Morgan fingerprint density at radius 2 is 1.92 bits per heavy atom. The fraction of sp³-hybridized carbons (Fsp3) is 0.368. The number of aromatic nitrogens is 2. The molecular weight excluding hydrogens is 320 g/mol. The molecule has 3 aromatic rings. The summed E-state index contributed by atoms with van der Waals surface area (Å²) in [6.45, 7) is 1.30. The Kier molecular flexibility index (Phi) is 3.58. The van der Waals surface area contributed by atoms with Gasteiger partial charge in [-0.05, 0) is 42.5 Å². The summed E-state index contributed by atoms with van der Waals surface area (Å²) in [6, 6.07) is 8.45. The molecular formula is C19H18N2O2S. The van der Waals surface area contributed by atoms with Crippen LogP contribution in [0.5, 0.6) is 0 Å². The third-order valence-corrected chi connectivity index (χ3v) is 6.12. The third-order valence-electron chi connectivity index (χ3n) is 4.92. The number of rotatable bonds is 3. The normalized spacial score (nSPS) is 19.0. The number of thiophene rings is 1. The lowest BCUT2D eigenvalue weighted by molar-refractivity contribution is -0.0443. The summed E-state index contributed by atoms with van der Waals surface area (Å²) in [7, 11) is 0. The molecule has 1 aliphatic heterocycles. The van der Waals surface area contributed by atoms with Crippen LogP contribution in [0.1, 0.15) is 42.6 Å². The topological polar surface area (TPSA) is 44.2 Å². The highest BCUT2D eigenvalue weighted by molar-refractivity contribution is 7.22. The van der Waals surface area contributed by atoms with E-state index in [-0.39, 0.29) is 6.29 Å². The predicted molar refractivity (Wildman–Crippen MR) is 94.1 cm³/mol. The molecule has 0 atom stereocenters. The van der Waals surface area contributed by atoms with Crippen molar-refractivity contribution in [1.29, 1.82) is 0 Å². The third kappa shape index (κ3) is 2.44. The van der Waals surface area contributed by atoms with E-state index in [0.717, 1.165) is 16.8 Å². The quantitative estimate of drug-likeness (QED) is 0.696. The zero-order valence-electron chi connectivity index (χ0n) is 13.3. The van der Waals surface area contributed by atoms with Crippen LogP contribution in [0.3, 0.4) is 0 Å². The molecule has 24 heavy (non-hydrogen) atoms. The lowest BCUT2D eigenvalue weighted by atomic mass is 9.80. The number of hydrogen-bond acceptors (Lipinski definition) is 5. The van der Waals surface area contributed by atoms with Crippen molar-refractivity contribution in [1.82, 2.24) is 9.97 Å². The van der Waals surface area contributed by atoms with Crippen molar-refractivity contribution in [2.75, 3.05) is 13.2 Å². The first-order valence-electron chi connectivity index (χ1n) is 8.46. The average molecular weight is 338 g/mol. The van der Waals surface area contributed by atoms with Crippen molar-refractivity contribution in [2.45, 2.75) is 31.5 Å². The number of nitrogens with zero attached hydrogens (tertiary/aromatic N) is 2. The molecule has 0 unspecified atom stereocenters. The average Bonchev–Trinajstić information content (AvgIpc) is 3.23. The number of hydrogen-bond donors (Lipinski definition) is 0. The summed E-state index contributed by atoms with van der Waals surface area (Å²) in [4.78, 5) is 10.3. The van der Waals surface area contributed by atoms with Gasteiger partial charge in [0.2, 0.25) is 0 Å². The van der Waals surface area contributed by atoms with Gasteiger partial charge in [0.25, 0.3) is 0 Å². The Balaban J connectivity index is 1.49. The van der Waals surface area contributed by atoms with Crippen molar-refractivity contribution in [2.24, 2.45) is 0 Å². The molecule has 2 aliphatic rings. The Morgan fingerprint density at radius 3 is 2.62 bits per heavy atom. The van der Waals surface area contributed by atoms with Crippen LogP contribution in [0.15, 0.2) is 36.7 Å². The van der Waals surface area contributed by atoms with Crippen LogP contribution in [0, 0.1) is 0 Å². The van der Waals surface area contributed by atoms with Crippen molar-refractivity contribution < 1.29 is 9.47 Å². The van der Waals surface area contributed by atoms with Crippen LogP contribution in [-0.2, 0) is 9.47 Å². The lowest BCUT2D eigenvalue weighted by Crippen LogP contribution is -2.08. The first-order valence-corrected chi connectivity index (χ1v) is 9.28. The molecule has 3 aromatic heterocycles. The summed E-state index contributed by atoms with van der Waals surface area (Å²) in [6.07, 6.45) is 7.50. The Morgan fingerprint density at radius 1 is 1.04 bits per heavy atom. The van der Waals surface area contributed by atoms with Crippen LogP contribution in [0.4, 0.5) is 0 Å². The standard InChI is InChI=1S/C19H18N2O2S/c1-2-12(3-1)14-6-7-20-16-10-17(24-18(14)16)15-5-4-13(11-21-15)19-22-8-9-23-19/h4-7,10-12,19H,1-3,8-9H2. The summed E-state index contributed by atoms with van der Waals surface area (Å²) >= 11 is 1.81. The maximum atomic E-state index is 5.52. The molecule has 0 N–H and O–H groups in total. The highest BCUT2D eigenvalue weighted by Crippen LogP contribution is 2.43. The smallest absolute Gasteiger partial charge is 0.185 e. The van der Waals surface area contributed by atoms with Gasteiger partial charge in [-0.25, -0.2) is 0 Å². The van der Waals surface area contributed by atoms with E-state index < -0.39 is 0 Å². The highest BCUT2D eigenvalue weighted by Gasteiger charge is 2.23. The van der Waals surface area contributed by atoms with E-state index in [1.165, 1.54) is 34.4 Å². The largest absolute Gasteiger partial charge is 0.346 e. The van der Waals surface area contributed by atoms with Gasteiger partial charge in [-0.3, -0.25) is 9.97 Å². The fourth-order valence-corrected chi connectivity index (χ4v) is 4.55. The Hall–Kier alpha value is -1.82. The second kappa shape index (κ2) is 5.92. The molecule has 0 spiro atoms. The van der Waals surface area contributed by atoms with Crippen LogP contribution in [0.2, 0.25) is 0 Å². The first-order chi connectivity index (χ1) is 11.9. The summed E-state index contributed by atoms with van der Waals surface area (Å²) in [5, 5.41) is 0. The van der Waals surface area contributed by atoms with Gasteiger partial charge in [0, 0.05) is 18.0 Å². The zero-order chi connectivity index (χ0) is 15.9. The van der Waals surface area contributed by atoms with Crippen molar-refractivity contribution in [3.63, 3.8) is 0 Å². The van der Waals surface area contributed by atoms with Crippen LogP contribution in [0.25, 0.3) is 20.8 Å². The maximum Gasteiger partial charge on any atom is 0.185 e. The monoisotopic (exact) mass is 338 g/mol. The second-order valence-electron chi connectivity index (χ2n) is 6.40. The van der Waals surface area contributed by atoms with Gasteiger partial charge >= 0.3 is 0 Å². The minimum absolute atomic E-state index is 0.263. The fourth-order valence-electron chi connectivity index (χ4n) is 3.37. The van der Waals surface area contributed by atoms with E-state index in [4.69, 9.17) is 9.47 Å². The van der Waals surface area contributed by atoms with Gasteiger partial charge in [0.15, 0.2) is 6.29 Å². The number of fused-ring (bicyclic) bond motifs is 1. The molecule has 1 saturated heterocycles. The number of pyridine rings is 2. The predicted octanol–water partition coefficient (Wildman–Crippen LogP) is 4.67. The molecule has 4 heterocycles. The first kappa shape index (κ1) is 14.5. The zero-order valence-corrected chi connectivity index (χ0v) is 14.1. The Bertz CT molecular complexity index is 865. The van der Waals surface area contributed by atoms with E-state index in [2.05, 4.69) is 22.1 Å². The molecule has 122 valence electrons. The van der Waals surface area contributed by atoms with Crippen LogP contribution >= 0.6 is 11.3 Å². The van der Waals surface area contributed by atoms with Crippen molar-refractivity contribution in [3.05, 3.63) is 47.8 Å². The summed E-state index contributed by atoms with van der Waals surface area (Å²) < 4.78 is 12.4. The van der Waals surface area contributed by atoms with E-state index in [0.29, 0.717) is 19.1 Å². The molecule has 1 aliphatic carbocycles. The molecule has 2 fully saturated rings. The van der Waals surface area contributed by atoms with Gasteiger partial charge in [-0.1, -0.05) is 12.5 Å². The maximum absolute atomic E-state index is 5.52. The molecule has 0 amide bonds. The molecule has 5 rings (SSSR count). The van der Waals surface area contributed by atoms with Crippen molar-refractivity contribution >= 4 is 21.6 Å². The van der Waals surface area contributed by atoms with Crippen LogP contribution < -0.4 is 0 Å². The van der Waals surface area contributed by atoms with Crippen molar-refractivity contribution in [3.8, 4) is 10.6 Å². The van der Waals surface area contributed by atoms with Gasteiger partial charge in [0.1, 0.15) is 0 Å². The van der Waals surface area contributed by atoms with Gasteiger partial charge in [0.05, 0.1) is 34.0 Å². The van der Waals surface area contributed by atoms with E-state index in [1.807, 2.05) is 24.5 Å². The molecule has 0 bridgehead atoms. The van der Waals surface area contributed by atoms with Gasteiger partial charge < -0.3 is 9.47 Å². The minimum Gasteiger partial charge on any atom is -0.346 e. The molecule has 0 radical (unpaired) electrons. The summed E-state index contributed by atoms with van der Waals surface area (Å²) in [5.41, 5.74) is 4.52. The minimum atomic E-state index is -0.263. The summed E-state index contributed by atoms with van der Waals surface area (Å²) in [5.74, 6) is 0.717. The molecule has 1 saturated carbocycles. The number of ether oxygens (including phenoxy) is 2. The molecule has 5 heteroatoms. The molecule has 0 aromatic carbocycles. The van der Waals surface area contributed by atoms with Gasteiger partial charge in [-0.15, -0.1) is 11.3 Å². The Labute approximate surface area is 144 Å². The van der Waals surface area contributed by atoms with E-state index in [9.17, 15) is 0 Å². The van der Waals surface area contributed by atoms with Crippen LogP contribution in [-0.4, -0.2) is 23.2 Å². The highest BCUT2D eigenvalue weighted by atomic mass is 32.1. The van der Waals surface area contributed by atoms with E-state index in [1.54, 1.807) is 11.3 Å². The molecule has 4 nitrogen and oxygen atoms in total. The lowest BCUT2D eigenvalue weighted by Gasteiger charge is -2.25. The van der Waals surface area contributed by atoms with E-state index >= 15 is 0 Å². The second-order valence-corrected chi connectivity index (χ2v) is 7.46. The SMILES string of the molecule is c1cc(C2CCC2)c2sc(-c3ccc(C4OCCO4)cn3)cc2n1. The van der Waals surface area contributed by atoms with Gasteiger partial charge in [-0.2, -0.15) is 0 Å².